The fourth-order valence-electron chi connectivity index (χ4n) is 4.35. The lowest BCUT2D eigenvalue weighted by molar-refractivity contribution is -0.131. The van der Waals surface area contributed by atoms with Gasteiger partial charge in [0.2, 0.25) is 11.9 Å². The summed E-state index contributed by atoms with van der Waals surface area (Å²) in [5.41, 5.74) is 4.89. The average molecular weight is 457 g/mol. The number of aromatic nitrogens is 4. The molecule has 1 amide bonds. The third kappa shape index (κ3) is 4.24. The first kappa shape index (κ1) is 21.7. The summed E-state index contributed by atoms with van der Waals surface area (Å²) in [7, 11) is 1.86. The van der Waals surface area contributed by atoms with E-state index in [4.69, 9.17) is 4.98 Å². The molecule has 5 rings (SSSR count). The molecule has 1 aliphatic heterocycles. The van der Waals surface area contributed by atoms with Crippen LogP contribution in [0.3, 0.4) is 0 Å². The van der Waals surface area contributed by atoms with E-state index in [1.807, 2.05) is 49.3 Å². The lowest BCUT2D eigenvalue weighted by Gasteiger charge is -2.36. The molecule has 1 aromatic carbocycles. The number of H-pyrrole nitrogens is 1. The summed E-state index contributed by atoms with van der Waals surface area (Å²) in [6.45, 7) is 5.14. The maximum absolute atomic E-state index is 11.9. The first-order valence-electron chi connectivity index (χ1n) is 11.5. The Morgan fingerprint density at radius 2 is 1.76 bits per heavy atom. The molecule has 174 valence electrons. The molecule has 0 saturated carbocycles. The number of rotatable bonds is 6. The largest absolute Gasteiger partial charge is 0.372 e. The number of pyridine rings is 1. The molecule has 1 aliphatic rings. The summed E-state index contributed by atoms with van der Waals surface area (Å²) in [5, 5.41) is 7.45. The van der Waals surface area contributed by atoms with Gasteiger partial charge in [-0.15, -0.1) is 0 Å². The Morgan fingerprint density at radius 3 is 2.44 bits per heavy atom. The standard InChI is InChI=1S/C25H28N8O/c1-3-21(34)33-14-12-32(13-15-33)19-6-4-18(5-7-19)29-25-30-23(26-2)22-20(16-28-24(22)31-25)17-8-10-27-11-9-17/h4-11,16H,3,12-15H2,1-2H3,(H3,26,28,29,30,31). The van der Waals surface area contributed by atoms with E-state index in [9.17, 15) is 4.79 Å². The van der Waals surface area contributed by atoms with Gasteiger partial charge in [-0.1, -0.05) is 6.92 Å². The van der Waals surface area contributed by atoms with Crippen LogP contribution in [0, 0.1) is 0 Å². The zero-order valence-electron chi connectivity index (χ0n) is 19.4. The monoisotopic (exact) mass is 456 g/mol. The summed E-state index contributed by atoms with van der Waals surface area (Å²) >= 11 is 0. The first-order chi connectivity index (χ1) is 16.7. The van der Waals surface area contributed by atoms with Crippen LogP contribution in [0.1, 0.15) is 13.3 Å². The molecule has 9 heteroatoms. The third-order valence-corrected chi connectivity index (χ3v) is 6.18. The Bertz CT molecular complexity index is 1280. The Labute approximate surface area is 198 Å². The summed E-state index contributed by atoms with van der Waals surface area (Å²) in [5.74, 6) is 1.49. The third-order valence-electron chi connectivity index (χ3n) is 6.18. The molecule has 0 aliphatic carbocycles. The second kappa shape index (κ2) is 9.38. The highest BCUT2D eigenvalue weighted by molar-refractivity contribution is 6.01. The molecule has 0 atom stereocenters. The minimum atomic E-state index is 0.229. The number of carbonyl (C=O) groups excluding carboxylic acids is 1. The Kier molecular flexibility index (Phi) is 5.99. The van der Waals surface area contributed by atoms with E-state index in [-0.39, 0.29) is 5.91 Å². The van der Waals surface area contributed by atoms with Crippen molar-refractivity contribution >= 4 is 40.1 Å². The van der Waals surface area contributed by atoms with E-state index in [0.29, 0.717) is 12.4 Å². The van der Waals surface area contributed by atoms with E-state index >= 15 is 0 Å². The van der Waals surface area contributed by atoms with Gasteiger partial charge in [-0.3, -0.25) is 9.78 Å². The van der Waals surface area contributed by atoms with Crippen LogP contribution >= 0.6 is 0 Å². The maximum Gasteiger partial charge on any atom is 0.231 e. The zero-order valence-corrected chi connectivity index (χ0v) is 19.4. The van der Waals surface area contributed by atoms with Crippen LogP contribution in [0.4, 0.5) is 23.1 Å². The van der Waals surface area contributed by atoms with E-state index in [1.165, 1.54) is 0 Å². The molecule has 34 heavy (non-hydrogen) atoms. The summed E-state index contributed by atoms with van der Waals surface area (Å²) in [4.78, 5) is 32.9. The van der Waals surface area contributed by atoms with Crippen LogP contribution in [0.5, 0.6) is 0 Å². The van der Waals surface area contributed by atoms with Crippen molar-refractivity contribution in [1.82, 2.24) is 24.8 Å². The number of anilines is 4. The van der Waals surface area contributed by atoms with Crippen LogP contribution in [0.15, 0.2) is 55.0 Å². The minimum Gasteiger partial charge on any atom is -0.372 e. The number of benzene rings is 1. The molecule has 0 spiro atoms. The van der Waals surface area contributed by atoms with Crippen molar-refractivity contribution in [2.75, 3.05) is 48.8 Å². The molecule has 3 aromatic heterocycles. The molecule has 1 saturated heterocycles. The first-order valence-corrected chi connectivity index (χ1v) is 11.5. The van der Waals surface area contributed by atoms with Crippen molar-refractivity contribution in [3.8, 4) is 11.1 Å². The topological polar surface area (TPSA) is 102 Å². The smallest absolute Gasteiger partial charge is 0.231 e. The zero-order chi connectivity index (χ0) is 23.5. The van der Waals surface area contributed by atoms with Crippen LogP contribution in [0.25, 0.3) is 22.2 Å². The predicted molar refractivity (Wildman–Crippen MR) is 135 cm³/mol. The quantitative estimate of drug-likeness (QED) is 0.405. The highest BCUT2D eigenvalue weighted by Crippen LogP contribution is 2.33. The Morgan fingerprint density at radius 1 is 1.03 bits per heavy atom. The second-order valence-electron chi connectivity index (χ2n) is 8.20. The Balaban J connectivity index is 1.32. The molecule has 3 N–H and O–H groups in total. The lowest BCUT2D eigenvalue weighted by atomic mass is 10.1. The van der Waals surface area contributed by atoms with Crippen molar-refractivity contribution in [1.29, 1.82) is 0 Å². The van der Waals surface area contributed by atoms with Crippen LogP contribution in [-0.2, 0) is 4.79 Å². The van der Waals surface area contributed by atoms with E-state index in [0.717, 1.165) is 65.5 Å². The fraction of sp³-hybridized carbons (Fsp3) is 0.280. The fourth-order valence-corrected chi connectivity index (χ4v) is 4.35. The summed E-state index contributed by atoms with van der Waals surface area (Å²) < 4.78 is 0. The maximum atomic E-state index is 11.9. The number of aromatic amines is 1. The number of fused-ring (bicyclic) bond motifs is 1. The molecular formula is C25H28N8O. The number of piperazine rings is 1. The number of nitrogens with one attached hydrogen (secondary N) is 3. The SMILES string of the molecule is CCC(=O)N1CCN(c2ccc(Nc3nc(NC)c4c(-c5ccncc5)c[nH]c4n3)cc2)CC1. The molecule has 0 bridgehead atoms. The minimum absolute atomic E-state index is 0.229. The van der Waals surface area contributed by atoms with Crippen molar-refractivity contribution in [2.45, 2.75) is 13.3 Å². The highest BCUT2D eigenvalue weighted by atomic mass is 16.2. The highest BCUT2D eigenvalue weighted by Gasteiger charge is 2.20. The average Bonchev–Trinajstić information content (AvgIpc) is 3.33. The van der Waals surface area contributed by atoms with Gasteiger partial charge < -0.3 is 25.4 Å². The van der Waals surface area contributed by atoms with Crippen molar-refractivity contribution in [2.24, 2.45) is 0 Å². The van der Waals surface area contributed by atoms with E-state index in [2.05, 4.69) is 42.6 Å². The predicted octanol–water partition coefficient (Wildman–Crippen LogP) is 3.86. The van der Waals surface area contributed by atoms with Gasteiger partial charge in [-0.25, -0.2) is 0 Å². The number of hydrogen-bond acceptors (Lipinski definition) is 7. The summed E-state index contributed by atoms with van der Waals surface area (Å²) in [6, 6.07) is 12.2. The molecular weight excluding hydrogens is 428 g/mol. The molecule has 0 unspecified atom stereocenters. The number of carbonyl (C=O) groups is 1. The number of amides is 1. The van der Waals surface area contributed by atoms with Gasteiger partial charge in [0.25, 0.3) is 0 Å². The van der Waals surface area contributed by atoms with Gasteiger partial charge in [-0.2, -0.15) is 9.97 Å². The van der Waals surface area contributed by atoms with Gasteiger partial charge in [0.1, 0.15) is 11.5 Å². The number of hydrogen-bond donors (Lipinski definition) is 3. The molecule has 4 aromatic rings. The van der Waals surface area contributed by atoms with Crippen LogP contribution in [-0.4, -0.2) is 64.0 Å². The molecule has 0 radical (unpaired) electrons. The second-order valence-corrected chi connectivity index (χ2v) is 8.20. The number of nitrogens with zero attached hydrogens (tertiary/aromatic N) is 5. The van der Waals surface area contributed by atoms with Crippen LogP contribution < -0.4 is 15.5 Å². The van der Waals surface area contributed by atoms with Crippen molar-refractivity contribution < 1.29 is 4.79 Å². The van der Waals surface area contributed by atoms with Crippen molar-refractivity contribution in [3.05, 3.63) is 55.0 Å². The lowest BCUT2D eigenvalue weighted by Crippen LogP contribution is -2.48. The molecule has 1 fully saturated rings. The van der Waals surface area contributed by atoms with Gasteiger partial charge >= 0.3 is 0 Å². The van der Waals surface area contributed by atoms with Gasteiger partial charge in [0.05, 0.1) is 5.39 Å². The normalized spacial score (nSPS) is 13.8. The van der Waals surface area contributed by atoms with E-state index < -0.39 is 0 Å². The van der Waals surface area contributed by atoms with Crippen LogP contribution in [0.2, 0.25) is 0 Å². The van der Waals surface area contributed by atoms with Crippen molar-refractivity contribution in [3.63, 3.8) is 0 Å². The molecule has 4 heterocycles. The summed E-state index contributed by atoms with van der Waals surface area (Å²) in [6.07, 6.45) is 6.06. The van der Waals surface area contributed by atoms with Gasteiger partial charge in [0, 0.05) is 75.2 Å². The Hall–Kier alpha value is -4.14. The van der Waals surface area contributed by atoms with E-state index in [1.54, 1.807) is 12.4 Å². The van der Waals surface area contributed by atoms with Gasteiger partial charge in [-0.05, 0) is 42.0 Å². The molecule has 9 nitrogen and oxygen atoms in total. The van der Waals surface area contributed by atoms with Gasteiger partial charge in [0.15, 0.2) is 0 Å².